The lowest BCUT2D eigenvalue weighted by Gasteiger charge is -2.11. The number of hydrogen-bond acceptors (Lipinski definition) is 12. The Morgan fingerprint density at radius 3 is 1.34 bits per heavy atom. The van der Waals surface area contributed by atoms with Gasteiger partial charge in [0.15, 0.2) is 0 Å². The van der Waals surface area contributed by atoms with Gasteiger partial charge >= 0.3 is 5.97 Å². The average Bonchev–Trinajstić information content (AvgIpc) is 3.25. The van der Waals surface area contributed by atoms with Crippen LogP contribution in [-0.2, 0) is 41.6 Å². The minimum atomic E-state index is -1.11. The summed E-state index contributed by atoms with van der Waals surface area (Å²) in [6.45, 7) is 5.43. The van der Waals surface area contributed by atoms with Crippen molar-refractivity contribution in [2.24, 2.45) is 11.5 Å². The van der Waals surface area contributed by atoms with Crippen molar-refractivity contribution in [3.05, 3.63) is 47.8 Å². The molecule has 14 N–H and O–H groups in total. The summed E-state index contributed by atoms with van der Waals surface area (Å²) in [6, 6.07) is 9.31. The van der Waals surface area contributed by atoms with Crippen molar-refractivity contribution in [3.63, 3.8) is 0 Å². The maximum Gasteiger partial charge on any atom is 0.306 e. The second kappa shape index (κ2) is 35.8. The molecule has 2 aromatic rings. The van der Waals surface area contributed by atoms with Gasteiger partial charge in [-0.1, -0.05) is 56.6 Å². The SMILES string of the molecule is C#CC(CC(=O)O)NC(=O)CNC(=O)CCCc1cccc(N)n1.C#CC(CC)NC(=O)CN.C#CC(CC)NC(=O)CNC(=O)CCCc1cccc(N)n1.C#CC(N)CC. The van der Waals surface area contributed by atoms with Gasteiger partial charge in [-0.05, 0) is 69.2 Å². The van der Waals surface area contributed by atoms with E-state index < -0.39 is 17.9 Å². The highest BCUT2D eigenvalue weighted by Gasteiger charge is 2.14. The molecule has 18 heteroatoms. The highest BCUT2D eigenvalue weighted by atomic mass is 16.4. The second-order valence-corrected chi connectivity index (χ2v) is 13.0. The van der Waals surface area contributed by atoms with Crippen molar-refractivity contribution in [1.82, 2.24) is 36.6 Å². The first-order valence-corrected chi connectivity index (χ1v) is 19.9. The number of aliphatic carboxylic acids is 1. The number of nitrogen functional groups attached to an aromatic ring is 2. The van der Waals surface area contributed by atoms with Gasteiger partial charge in [0, 0.05) is 24.2 Å². The number of aryl methyl sites for hydroxylation is 2. The van der Waals surface area contributed by atoms with E-state index in [1.54, 1.807) is 18.2 Å². The Morgan fingerprint density at radius 1 is 0.629 bits per heavy atom. The summed E-state index contributed by atoms with van der Waals surface area (Å²) in [4.78, 5) is 75.9. The number of nitrogens with one attached hydrogen (secondary N) is 5. The maximum absolute atomic E-state index is 11.7. The van der Waals surface area contributed by atoms with Crippen LogP contribution in [0.1, 0.15) is 83.5 Å². The molecule has 4 unspecified atom stereocenters. The maximum atomic E-state index is 11.7. The Balaban J connectivity index is 0. The fourth-order valence-electron chi connectivity index (χ4n) is 4.38. The Kier molecular flexibility index (Phi) is 32.9. The van der Waals surface area contributed by atoms with Crippen LogP contribution < -0.4 is 49.5 Å². The summed E-state index contributed by atoms with van der Waals surface area (Å²) in [5.74, 6) is 7.76. The van der Waals surface area contributed by atoms with Gasteiger partial charge in [-0.3, -0.25) is 28.8 Å². The molecule has 62 heavy (non-hydrogen) atoms. The molecule has 0 saturated carbocycles. The van der Waals surface area contributed by atoms with Crippen molar-refractivity contribution in [2.75, 3.05) is 31.1 Å². The van der Waals surface area contributed by atoms with E-state index in [0.717, 1.165) is 24.2 Å². The zero-order chi connectivity index (χ0) is 47.3. The topological polar surface area (TPSA) is 313 Å². The molecule has 5 amide bonds. The van der Waals surface area contributed by atoms with Crippen LogP contribution in [0.15, 0.2) is 36.4 Å². The fourth-order valence-corrected chi connectivity index (χ4v) is 4.38. The minimum Gasteiger partial charge on any atom is -0.481 e. The first-order valence-electron chi connectivity index (χ1n) is 19.9. The largest absolute Gasteiger partial charge is 0.481 e. The normalized spacial score (nSPS) is 11.4. The van der Waals surface area contributed by atoms with E-state index in [4.69, 9.17) is 53.7 Å². The first-order chi connectivity index (χ1) is 29.5. The van der Waals surface area contributed by atoms with Crippen molar-refractivity contribution >= 4 is 47.1 Å². The molecule has 2 aromatic heterocycles. The highest BCUT2D eigenvalue weighted by Crippen LogP contribution is 2.06. The van der Waals surface area contributed by atoms with Gasteiger partial charge in [0.05, 0.1) is 44.2 Å². The molecule has 0 radical (unpaired) electrons. The van der Waals surface area contributed by atoms with Gasteiger partial charge in [-0.2, -0.15) is 0 Å². The minimum absolute atomic E-state index is 0.00181. The molecular formula is C44H63N11O7. The van der Waals surface area contributed by atoms with Crippen LogP contribution in [0.5, 0.6) is 0 Å². The summed E-state index contributed by atoms with van der Waals surface area (Å²) >= 11 is 0. The highest BCUT2D eigenvalue weighted by molar-refractivity contribution is 5.86. The predicted octanol–water partition coefficient (Wildman–Crippen LogP) is 0.156. The van der Waals surface area contributed by atoms with Gasteiger partial charge in [-0.15, -0.1) is 25.7 Å². The van der Waals surface area contributed by atoms with Crippen LogP contribution in [0.25, 0.3) is 0 Å². The summed E-state index contributed by atoms with van der Waals surface area (Å²) in [6.07, 6.45) is 25.3. The third-order valence-corrected chi connectivity index (χ3v) is 7.87. The van der Waals surface area contributed by atoms with Gasteiger partial charge in [0.1, 0.15) is 17.7 Å². The lowest BCUT2D eigenvalue weighted by atomic mass is 10.1. The van der Waals surface area contributed by atoms with Crippen LogP contribution in [0.4, 0.5) is 11.6 Å². The number of anilines is 2. The third kappa shape index (κ3) is 31.8. The molecule has 0 aliphatic heterocycles. The number of hydrogen-bond donors (Lipinski definition) is 10. The molecule has 0 fully saturated rings. The molecule has 2 heterocycles. The summed E-state index contributed by atoms with van der Waals surface area (Å²) in [5, 5.41) is 21.2. The van der Waals surface area contributed by atoms with Crippen molar-refractivity contribution in [3.8, 4) is 49.4 Å². The number of carboxylic acids is 1. The van der Waals surface area contributed by atoms with Crippen LogP contribution >= 0.6 is 0 Å². The van der Waals surface area contributed by atoms with E-state index >= 15 is 0 Å². The number of nitrogens with two attached hydrogens (primary N) is 4. The Hall–Kier alpha value is -7.12. The molecule has 0 bridgehead atoms. The summed E-state index contributed by atoms with van der Waals surface area (Å²) < 4.78 is 0. The van der Waals surface area contributed by atoms with Crippen molar-refractivity contribution < 1.29 is 33.9 Å². The van der Waals surface area contributed by atoms with E-state index in [2.05, 4.69) is 60.2 Å². The number of terminal acetylenes is 4. The molecule has 0 aliphatic carbocycles. The average molecular weight is 858 g/mol. The molecule has 0 aliphatic rings. The monoisotopic (exact) mass is 857 g/mol. The van der Waals surface area contributed by atoms with Gasteiger partial charge in [0.25, 0.3) is 0 Å². The van der Waals surface area contributed by atoms with Crippen LogP contribution in [0.2, 0.25) is 0 Å². The first kappa shape index (κ1) is 57.0. The number of rotatable bonds is 21. The standard InChI is InChI=1S/C16H20N4O4.C16H22N4O2.C7H12N2O.C5H9N/c1-2-11(9-16(23)24)20-15(22)10-18-14(21)8-4-6-12-5-3-7-13(17)19-12;1-3-12(4-2)20-16(22)11-18-15(21)10-6-8-13-7-5-9-14(17)19-13;1-3-6(4-2)9-7(10)5-8;1-3-5(6)4-2/h1,3,5,7,11H,4,6,8-10H2,(H2,17,19)(H,18,21)(H,20,22)(H,23,24);1,5,7,9,12H,4,6,8,10-11H2,2H3,(H2,17,19)(H,18,21)(H,20,22);1,6H,4-5,8H2,2H3,(H,9,10);1,5H,4,6H2,2H3. The molecule has 18 nitrogen and oxygen atoms in total. The second-order valence-electron chi connectivity index (χ2n) is 13.0. The van der Waals surface area contributed by atoms with Crippen molar-refractivity contribution in [2.45, 2.75) is 109 Å². The molecule has 0 saturated heterocycles. The summed E-state index contributed by atoms with van der Waals surface area (Å²) in [7, 11) is 0. The third-order valence-electron chi connectivity index (χ3n) is 7.87. The van der Waals surface area contributed by atoms with Crippen molar-refractivity contribution in [1.29, 1.82) is 0 Å². The molecule has 0 aromatic carbocycles. The van der Waals surface area contributed by atoms with Crippen LogP contribution in [-0.4, -0.2) is 94.4 Å². The number of nitrogens with zero attached hydrogens (tertiary/aromatic N) is 2. The zero-order valence-electron chi connectivity index (χ0n) is 35.9. The van der Waals surface area contributed by atoms with Crippen LogP contribution in [0, 0.1) is 49.4 Å². The molecule has 4 atom stereocenters. The number of carbonyl (C=O) groups is 6. The van der Waals surface area contributed by atoms with Gasteiger partial charge in [0.2, 0.25) is 29.5 Å². The number of pyridine rings is 2. The molecule has 2 rings (SSSR count). The Labute approximate surface area is 365 Å². The fraction of sp³-hybridized carbons (Fsp3) is 0.455. The number of aromatic nitrogens is 2. The van der Waals surface area contributed by atoms with E-state index in [1.165, 1.54) is 0 Å². The quantitative estimate of drug-likeness (QED) is 0.0749. The summed E-state index contributed by atoms with van der Waals surface area (Å²) in [5.41, 5.74) is 23.1. The van der Waals surface area contributed by atoms with E-state index in [-0.39, 0.29) is 74.2 Å². The van der Waals surface area contributed by atoms with E-state index in [1.807, 2.05) is 39.0 Å². The number of carbonyl (C=O) groups excluding carboxylic acids is 5. The number of carboxylic acid groups (broad SMARTS) is 1. The Bertz CT molecular complexity index is 1860. The smallest absolute Gasteiger partial charge is 0.306 e. The number of amides is 5. The zero-order valence-corrected chi connectivity index (χ0v) is 35.9. The molecule has 0 spiro atoms. The predicted molar refractivity (Wildman–Crippen MR) is 240 cm³/mol. The molecule has 336 valence electrons. The van der Waals surface area contributed by atoms with Gasteiger partial charge < -0.3 is 54.6 Å². The lowest BCUT2D eigenvalue weighted by molar-refractivity contribution is -0.137. The lowest BCUT2D eigenvalue weighted by Crippen LogP contribution is -2.42. The van der Waals surface area contributed by atoms with E-state index in [0.29, 0.717) is 50.2 Å². The Morgan fingerprint density at radius 2 is 1.03 bits per heavy atom. The molecular weight excluding hydrogens is 795 g/mol. The van der Waals surface area contributed by atoms with Crippen LogP contribution in [0.3, 0.4) is 0 Å². The van der Waals surface area contributed by atoms with Gasteiger partial charge in [-0.25, -0.2) is 9.97 Å². The van der Waals surface area contributed by atoms with E-state index in [9.17, 15) is 28.8 Å².